The predicted octanol–water partition coefficient (Wildman–Crippen LogP) is 8.00. The van der Waals surface area contributed by atoms with Crippen LogP contribution < -0.4 is 4.74 Å². The lowest BCUT2D eigenvalue weighted by molar-refractivity contribution is 0.306. The molecule has 0 N–H and O–H groups in total. The zero-order valence-corrected chi connectivity index (χ0v) is 18.0. The minimum atomic E-state index is 0.825. The highest BCUT2D eigenvalue weighted by Crippen LogP contribution is 2.32. The average molecular weight is 379 g/mol. The van der Waals surface area contributed by atoms with E-state index in [1.54, 1.807) is 11.1 Å². The molecule has 0 amide bonds. The summed E-state index contributed by atoms with van der Waals surface area (Å²) in [5.41, 5.74) is 5.80. The van der Waals surface area contributed by atoms with E-state index < -0.39 is 0 Å². The van der Waals surface area contributed by atoms with Crippen LogP contribution in [0.5, 0.6) is 5.75 Å². The lowest BCUT2D eigenvalue weighted by Gasteiger charge is -2.25. The summed E-state index contributed by atoms with van der Waals surface area (Å²) < 4.78 is 5.85. The van der Waals surface area contributed by atoms with E-state index in [-0.39, 0.29) is 0 Å². The molecule has 0 heterocycles. The van der Waals surface area contributed by atoms with Gasteiger partial charge in [0.25, 0.3) is 0 Å². The van der Waals surface area contributed by atoms with Gasteiger partial charge in [-0.25, -0.2) is 0 Å². The second-order valence-corrected chi connectivity index (χ2v) is 8.52. The molecule has 0 saturated carbocycles. The van der Waals surface area contributed by atoms with Crippen LogP contribution in [-0.2, 0) is 12.8 Å². The quantitative estimate of drug-likeness (QED) is 0.360. The number of ether oxygens (including phenoxy) is 1. The first-order chi connectivity index (χ1) is 13.8. The van der Waals surface area contributed by atoms with Crippen LogP contribution in [-0.4, -0.2) is 6.61 Å². The number of fused-ring (bicyclic) bond motifs is 1. The van der Waals surface area contributed by atoms with E-state index in [1.807, 2.05) is 0 Å². The van der Waals surface area contributed by atoms with Gasteiger partial charge in [-0.1, -0.05) is 89.1 Å². The van der Waals surface area contributed by atoms with E-state index in [4.69, 9.17) is 4.74 Å². The van der Waals surface area contributed by atoms with E-state index in [0.717, 1.165) is 24.7 Å². The van der Waals surface area contributed by atoms with Crippen molar-refractivity contribution in [1.29, 1.82) is 0 Å². The number of benzene rings is 2. The summed E-state index contributed by atoms with van der Waals surface area (Å²) in [5, 5.41) is 0. The summed E-state index contributed by atoms with van der Waals surface area (Å²) in [4.78, 5) is 0. The first-order valence-corrected chi connectivity index (χ1v) is 11.6. The molecule has 1 atom stereocenters. The van der Waals surface area contributed by atoms with Gasteiger partial charge in [0.15, 0.2) is 0 Å². The Hall–Kier alpha value is -1.76. The van der Waals surface area contributed by atoms with Crippen LogP contribution in [0.25, 0.3) is 11.1 Å². The van der Waals surface area contributed by atoms with Gasteiger partial charge in [0.05, 0.1) is 6.61 Å². The van der Waals surface area contributed by atoms with E-state index in [0.29, 0.717) is 0 Å². The Kier molecular flexibility index (Phi) is 8.45. The summed E-state index contributed by atoms with van der Waals surface area (Å²) >= 11 is 0. The summed E-state index contributed by atoms with van der Waals surface area (Å²) in [6.07, 6.45) is 14.5. The Labute approximate surface area is 172 Å². The van der Waals surface area contributed by atoms with Crippen LogP contribution in [0.1, 0.15) is 82.8 Å². The Morgan fingerprint density at radius 3 is 2.32 bits per heavy atom. The molecule has 28 heavy (non-hydrogen) atoms. The van der Waals surface area contributed by atoms with Gasteiger partial charge in [0.2, 0.25) is 0 Å². The van der Waals surface area contributed by atoms with Crippen LogP contribution >= 0.6 is 0 Å². The smallest absolute Gasteiger partial charge is 0.119 e. The molecule has 0 aliphatic heterocycles. The number of hydrogen-bond acceptors (Lipinski definition) is 1. The van der Waals surface area contributed by atoms with Crippen molar-refractivity contribution in [2.75, 3.05) is 6.61 Å². The molecule has 0 bridgehead atoms. The fourth-order valence-corrected chi connectivity index (χ4v) is 4.40. The Morgan fingerprint density at radius 1 is 0.786 bits per heavy atom. The number of hydrogen-bond donors (Lipinski definition) is 0. The largest absolute Gasteiger partial charge is 0.494 e. The Morgan fingerprint density at radius 2 is 1.54 bits per heavy atom. The summed E-state index contributed by atoms with van der Waals surface area (Å²) in [7, 11) is 0. The molecule has 1 unspecified atom stereocenters. The van der Waals surface area contributed by atoms with Gasteiger partial charge < -0.3 is 4.74 Å². The molecule has 1 heteroatoms. The van der Waals surface area contributed by atoms with Crippen LogP contribution in [0.2, 0.25) is 0 Å². The third-order valence-electron chi connectivity index (χ3n) is 6.21. The van der Waals surface area contributed by atoms with E-state index >= 15 is 0 Å². The zero-order chi connectivity index (χ0) is 19.6. The molecular weight excluding hydrogens is 340 g/mol. The molecule has 0 radical (unpaired) electrons. The van der Waals surface area contributed by atoms with Gasteiger partial charge in [0, 0.05) is 0 Å². The van der Waals surface area contributed by atoms with E-state index in [2.05, 4.69) is 56.3 Å². The third kappa shape index (κ3) is 6.12. The van der Waals surface area contributed by atoms with Crippen LogP contribution in [0.15, 0.2) is 42.5 Å². The molecule has 152 valence electrons. The highest BCUT2D eigenvalue weighted by molar-refractivity contribution is 5.66. The minimum Gasteiger partial charge on any atom is -0.494 e. The molecule has 1 nitrogen and oxygen atoms in total. The van der Waals surface area contributed by atoms with Gasteiger partial charge in [-0.05, 0) is 66.0 Å². The van der Waals surface area contributed by atoms with Crippen molar-refractivity contribution in [2.24, 2.45) is 5.92 Å². The lowest BCUT2D eigenvalue weighted by atomic mass is 9.80. The molecule has 2 aromatic carbocycles. The highest BCUT2D eigenvalue weighted by atomic mass is 16.5. The van der Waals surface area contributed by atoms with Crippen LogP contribution in [0, 0.1) is 5.92 Å². The second kappa shape index (κ2) is 11.3. The van der Waals surface area contributed by atoms with Crippen molar-refractivity contribution < 1.29 is 4.74 Å². The standard InChI is InChI=1S/C27H38O/c1-3-5-7-8-10-22-11-12-26-21-25(14-13-24(26)20-22)23-15-17-27(18-16-23)28-19-9-6-4-2/h13-18,21-22H,3-12,19-20H2,1-2H3. The normalized spacial score (nSPS) is 16.0. The Bertz CT molecular complexity index is 701. The predicted molar refractivity (Wildman–Crippen MR) is 121 cm³/mol. The molecule has 1 aliphatic rings. The number of aryl methyl sites for hydroxylation is 1. The second-order valence-electron chi connectivity index (χ2n) is 8.52. The monoisotopic (exact) mass is 378 g/mol. The van der Waals surface area contributed by atoms with Crippen molar-refractivity contribution in [2.45, 2.75) is 84.5 Å². The molecule has 3 rings (SSSR count). The first kappa shape index (κ1) is 21.0. The molecule has 0 saturated heterocycles. The van der Waals surface area contributed by atoms with Gasteiger partial charge in [0.1, 0.15) is 5.75 Å². The van der Waals surface area contributed by atoms with E-state index in [9.17, 15) is 0 Å². The van der Waals surface area contributed by atoms with Crippen LogP contribution in [0.4, 0.5) is 0 Å². The fourth-order valence-electron chi connectivity index (χ4n) is 4.40. The van der Waals surface area contributed by atoms with Crippen molar-refractivity contribution in [3.63, 3.8) is 0 Å². The van der Waals surface area contributed by atoms with Crippen LogP contribution in [0.3, 0.4) is 0 Å². The molecule has 0 aromatic heterocycles. The van der Waals surface area contributed by atoms with Gasteiger partial charge in [-0.3, -0.25) is 0 Å². The summed E-state index contributed by atoms with van der Waals surface area (Å²) in [5.74, 6) is 1.89. The van der Waals surface area contributed by atoms with Crippen molar-refractivity contribution in [1.82, 2.24) is 0 Å². The maximum absolute atomic E-state index is 5.85. The van der Waals surface area contributed by atoms with Crippen molar-refractivity contribution in [3.8, 4) is 16.9 Å². The molecule has 0 spiro atoms. The van der Waals surface area contributed by atoms with Gasteiger partial charge in [-0.15, -0.1) is 0 Å². The maximum Gasteiger partial charge on any atom is 0.119 e. The van der Waals surface area contributed by atoms with Crippen molar-refractivity contribution in [3.05, 3.63) is 53.6 Å². The van der Waals surface area contributed by atoms with Gasteiger partial charge >= 0.3 is 0 Å². The number of unbranched alkanes of at least 4 members (excludes halogenated alkanes) is 5. The SMILES string of the molecule is CCCCCCC1CCc2cc(-c3ccc(OCCCCC)cc3)ccc2C1. The topological polar surface area (TPSA) is 9.23 Å². The minimum absolute atomic E-state index is 0.825. The Balaban J connectivity index is 1.55. The highest BCUT2D eigenvalue weighted by Gasteiger charge is 2.18. The zero-order valence-electron chi connectivity index (χ0n) is 18.0. The maximum atomic E-state index is 5.85. The first-order valence-electron chi connectivity index (χ1n) is 11.6. The summed E-state index contributed by atoms with van der Waals surface area (Å²) in [6.45, 7) is 5.34. The average Bonchev–Trinajstić information content (AvgIpc) is 2.74. The third-order valence-corrected chi connectivity index (χ3v) is 6.21. The van der Waals surface area contributed by atoms with Crippen molar-refractivity contribution >= 4 is 0 Å². The lowest BCUT2D eigenvalue weighted by Crippen LogP contribution is -2.14. The molecule has 2 aromatic rings. The fraction of sp³-hybridized carbons (Fsp3) is 0.556. The van der Waals surface area contributed by atoms with E-state index in [1.165, 1.54) is 75.3 Å². The summed E-state index contributed by atoms with van der Waals surface area (Å²) in [6, 6.07) is 15.8. The van der Waals surface area contributed by atoms with Gasteiger partial charge in [-0.2, -0.15) is 0 Å². The molecule has 0 fully saturated rings. The molecule has 1 aliphatic carbocycles. The molecular formula is C27H38O. The number of rotatable bonds is 11.